The first-order valence-electron chi connectivity index (χ1n) is 6.74. The van der Waals surface area contributed by atoms with Crippen LogP contribution < -0.4 is 10.6 Å². The zero-order valence-corrected chi connectivity index (χ0v) is 9.42. The number of aliphatic carboxylic acids is 1. The highest BCUT2D eigenvalue weighted by molar-refractivity contribution is 8.00. The lowest BCUT2D eigenvalue weighted by atomic mass is 10.0. The van der Waals surface area contributed by atoms with Crippen molar-refractivity contribution in [3.05, 3.63) is 0 Å². The number of fused-ring (bicyclic) bond motifs is 1. The molecule has 1 unspecified atom stereocenters. The van der Waals surface area contributed by atoms with E-state index in [1.54, 1.807) is 11.8 Å². The summed E-state index contributed by atoms with van der Waals surface area (Å²) in [5, 5.41) is 14.4. The molecular formula is C10H16N2O3S. The lowest BCUT2D eigenvalue weighted by Crippen LogP contribution is -2.36. The monoisotopic (exact) mass is 247 g/mol. The first kappa shape index (κ1) is 8.22. The van der Waals surface area contributed by atoms with Crippen LogP contribution in [-0.4, -0.2) is 40.2 Å². The Bertz CT molecular complexity index is 396. The zero-order valence-electron chi connectivity index (χ0n) is 11.6. The molecule has 2 heterocycles. The molecule has 5 nitrogen and oxygen atoms in total. The summed E-state index contributed by atoms with van der Waals surface area (Å²) >= 11 is 1.67. The van der Waals surface area contributed by atoms with E-state index < -0.39 is 18.7 Å². The van der Waals surface area contributed by atoms with Crippen molar-refractivity contribution in [3.63, 3.8) is 0 Å². The fraction of sp³-hybridized carbons (Fsp3) is 0.800. The van der Waals surface area contributed by atoms with Crippen LogP contribution >= 0.6 is 11.8 Å². The number of rotatable bonds is 5. The first-order chi connectivity index (χ1) is 8.82. The molecular weight excluding hydrogens is 228 g/mol. The largest absolute Gasteiger partial charge is 0.481 e. The minimum atomic E-state index is -2.53. The van der Waals surface area contributed by atoms with Gasteiger partial charge in [0.05, 0.1) is 12.1 Å². The molecule has 2 amide bonds. The van der Waals surface area contributed by atoms with Gasteiger partial charge in [-0.05, 0) is 12.8 Å². The third kappa shape index (κ3) is 2.61. The molecule has 0 aromatic heterocycles. The number of carbonyl (C=O) groups excluding carboxylic acids is 1. The number of thioether (sulfide) groups is 1. The van der Waals surface area contributed by atoms with Gasteiger partial charge in [0.25, 0.3) is 0 Å². The van der Waals surface area contributed by atoms with Crippen molar-refractivity contribution >= 4 is 23.8 Å². The Hall–Kier alpha value is -0.910. The van der Waals surface area contributed by atoms with Gasteiger partial charge in [-0.25, -0.2) is 4.79 Å². The third-order valence-corrected chi connectivity index (χ3v) is 4.27. The van der Waals surface area contributed by atoms with Crippen LogP contribution in [0.2, 0.25) is 0 Å². The Morgan fingerprint density at radius 2 is 2.44 bits per heavy atom. The average Bonchev–Trinajstić information content (AvgIpc) is 2.85. The van der Waals surface area contributed by atoms with Crippen LogP contribution in [0.5, 0.6) is 0 Å². The number of nitrogens with one attached hydrogen (secondary N) is 2. The van der Waals surface area contributed by atoms with Gasteiger partial charge in [0, 0.05) is 21.5 Å². The number of hydrogen-bond acceptors (Lipinski definition) is 3. The summed E-state index contributed by atoms with van der Waals surface area (Å²) < 4.78 is 22.3. The van der Waals surface area contributed by atoms with Gasteiger partial charge < -0.3 is 15.7 Å². The quantitative estimate of drug-likeness (QED) is 0.628. The number of hydrogen-bond donors (Lipinski definition) is 3. The standard InChI is InChI=1S/C10H16N2O3S/c13-8(14)4-2-1-3-7-9-6(5-16-7)11-10(15)12-9/h6-7,9H,1-5H2,(H,13,14)(H2,11,12,15)/t6-,7-,9-/m0/s1/i2D,4D2/t2?,6-,7-,9-. The Labute approximate surface area is 103 Å². The normalized spacial score (nSPS) is 37.6. The summed E-state index contributed by atoms with van der Waals surface area (Å²) in [6, 6.07) is -0.105. The minimum absolute atomic E-state index is 0.000366. The Morgan fingerprint density at radius 1 is 1.62 bits per heavy atom. The van der Waals surface area contributed by atoms with E-state index in [0.717, 1.165) is 5.75 Å². The van der Waals surface area contributed by atoms with Gasteiger partial charge in [-0.1, -0.05) is 6.42 Å². The highest BCUT2D eigenvalue weighted by Gasteiger charge is 2.42. The predicted molar refractivity (Wildman–Crippen MR) is 61.6 cm³/mol. The smallest absolute Gasteiger partial charge is 0.315 e. The van der Waals surface area contributed by atoms with E-state index in [-0.39, 0.29) is 29.8 Å². The van der Waals surface area contributed by atoms with Gasteiger partial charge in [-0.15, -0.1) is 0 Å². The van der Waals surface area contributed by atoms with Crippen molar-refractivity contribution in [2.75, 3.05) is 5.75 Å². The molecule has 0 radical (unpaired) electrons. The van der Waals surface area contributed by atoms with Gasteiger partial charge in [0.15, 0.2) is 0 Å². The van der Waals surface area contributed by atoms with E-state index in [0.29, 0.717) is 6.42 Å². The topological polar surface area (TPSA) is 78.4 Å². The number of carboxylic acids is 1. The van der Waals surface area contributed by atoms with E-state index in [4.69, 9.17) is 9.22 Å². The summed E-state index contributed by atoms with van der Waals surface area (Å²) in [5.41, 5.74) is 0. The molecule has 2 aliphatic rings. The number of carboxylic acid groups (broad SMARTS) is 1. The SMILES string of the molecule is [2H]C(CC[C@@H]1SC[C@@H]2NC(=O)N[C@@H]21)C([2H])([2H])C(=O)O. The van der Waals surface area contributed by atoms with Gasteiger partial charge in [-0.2, -0.15) is 11.8 Å². The molecule has 2 saturated heterocycles. The van der Waals surface area contributed by atoms with Crippen LogP contribution in [0, 0.1) is 0 Å². The van der Waals surface area contributed by atoms with Crippen LogP contribution in [0.1, 0.15) is 29.7 Å². The van der Waals surface area contributed by atoms with Crippen molar-refractivity contribution < 1.29 is 18.8 Å². The Kier molecular flexibility index (Phi) is 2.54. The maximum Gasteiger partial charge on any atom is 0.315 e. The second-order valence-corrected chi connectivity index (χ2v) is 5.12. The minimum Gasteiger partial charge on any atom is -0.481 e. The second-order valence-electron chi connectivity index (χ2n) is 3.85. The average molecular weight is 247 g/mol. The maximum atomic E-state index is 11.2. The summed E-state index contributed by atoms with van der Waals surface area (Å²) in [5.74, 6) is -0.803. The van der Waals surface area contributed by atoms with Crippen molar-refractivity contribution in [3.8, 4) is 0 Å². The molecule has 0 aromatic carbocycles. The van der Waals surface area contributed by atoms with Crippen LogP contribution in [0.25, 0.3) is 0 Å². The fourth-order valence-electron chi connectivity index (χ4n) is 2.05. The van der Waals surface area contributed by atoms with E-state index >= 15 is 0 Å². The summed E-state index contributed by atoms with van der Waals surface area (Å²) in [6.07, 6.45) is -3.14. The van der Waals surface area contributed by atoms with Gasteiger partial charge in [-0.3, -0.25) is 4.79 Å². The van der Waals surface area contributed by atoms with Crippen LogP contribution in [0.4, 0.5) is 4.79 Å². The number of urea groups is 1. The number of carbonyl (C=O) groups is 2. The number of amides is 2. The molecule has 0 aliphatic carbocycles. The molecule has 2 rings (SSSR count). The Morgan fingerprint density at radius 3 is 3.19 bits per heavy atom. The third-order valence-electron chi connectivity index (χ3n) is 2.76. The fourth-order valence-corrected chi connectivity index (χ4v) is 3.56. The molecule has 6 heteroatoms. The second kappa shape index (κ2) is 4.95. The van der Waals surface area contributed by atoms with E-state index in [1.165, 1.54) is 0 Å². The molecule has 0 bridgehead atoms. The lowest BCUT2D eigenvalue weighted by molar-refractivity contribution is -0.137. The van der Waals surface area contributed by atoms with Gasteiger partial charge >= 0.3 is 12.0 Å². The lowest BCUT2D eigenvalue weighted by Gasteiger charge is -2.16. The van der Waals surface area contributed by atoms with Crippen molar-refractivity contribution in [2.24, 2.45) is 0 Å². The molecule has 2 aliphatic heterocycles. The molecule has 0 aromatic rings. The van der Waals surface area contributed by atoms with Gasteiger partial charge in [0.1, 0.15) is 0 Å². The van der Waals surface area contributed by atoms with Gasteiger partial charge in [0.2, 0.25) is 0 Å². The molecule has 90 valence electrons. The highest BCUT2D eigenvalue weighted by Crippen LogP contribution is 2.33. The zero-order chi connectivity index (χ0) is 14.2. The summed E-state index contributed by atoms with van der Waals surface area (Å²) in [7, 11) is 0. The van der Waals surface area contributed by atoms with Crippen molar-refractivity contribution in [1.29, 1.82) is 0 Å². The van der Waals surface area contributed by atoms with Crippen LogP contribution in [0.3, 0.4) is 0 Å². The Balaban J connectivity index is 1.86. The highest BCUT2D eigenvalue weighted by atomic mass is 32.2. The van der Waals surface area contributed by atoms with Crippen molar-refractivity contribution in [2.45, 2.75) is 42.9 Å². The molecule has 0 saturated carbocycles. The summed E-state index contributed by atoms with van der Waals surface area (Å²) in [6.45, 7) is 0. The van der Waals surface area contributed by atoms with E-state index in [2.05, 4.69) is 10.6 Å². The van der Waals surface area contributed by atoms with Crippen molar-refractivity contribution in [1.82, 2.24) is 10.6 Å². The van der Waals surface area contributed by atoms with Crippen LogP contribution in [-0.2, 0) is 4.79 Å². The molecule has 2 fully saturated rings. The summed E-state index contributed by atoms with van der Waals surface area (Å²) in [4.78, 5) is 21.9. The molecule has 0 spiro atoms. The molecule has 4 atom stereocenters. The molecule has 3 N–H and O–H groups in total. The van der Waals surface area contributed by atoms with E-state index in [1.807, 2.05) is 0 Å². The predicted octanol–water partition coefficient (Wildman–Crippen LogP) is 0.797. The molecule has 16 heavy (non-hydrogen) atoms. The maximum absolute atomic E-state index is 11.2. The van der Waals surface area contributed by atoms with Crippen LogP contribution in [0.15, 0.2) is 0 Å². The first-order valence-corrected chi connectivity index (χ1v) is 6.21. The van der Waals surface area contributed by atoms with E-state index in [9.17, 15) is 9.59 Å².